The average Bonchev–Trinajstić information content (AvgIpc) is 2.70. The van der Waals surface area contributed by atoms with Gasteiger partial charge in [-0.15, -0.1) is 0 Å². The van der Waals surface area contributed by atoms with E-state index in [1.807, 2.05) is 24.3 Å². The third-order valence-corrected chi connectivity index (χ3v) is 3.80. The van der Waals surface area contributed by atoms with Crippen molar-refractivity contribution in [3.05, 3.63) is 47.0 Å². The van der Waals surface area contributed by atoms with E-state index in [-0.39, 0.29) is 5.97 Å². The molecule has 26 heavy (non-hydrogen) atoms. The van der Waals surface area contributed by atoms with Crippen LogP contribution in [0.4, 0.5) is 0 Å². The van der Waals surface area contributed by atoms with Crippen LogP contribution in [0.3, 0.4) is 0 Å². The molecule has 2 rings (SSSR count). The van der Waals surface area contributed by atoms with Gasteiger partial charge in [0.25, 0.3) is 0 Å². The van der Waals surface area contributed by atoms with Crippen LogP contribution < -0.4 is 18.9 Å². The fourth-order valence-electron chi connectivity index (χ4n) is 2.52. The second kappa shape index (κ2) is 8.80. The van der Waals surface area contributed by atoms with Gasteiger partial charge in [-0.05, 0) is 23.8 Å². The van der Waals surface area contributed by atoms with E-state index < -0.39 is 0 Å². The fraction of sp³-hybridized carbons (Fsp3) is 0.250. The van der Waals surface area contributed by atoms with Crippen LogP contribution in [0.2, 0.25) is 0 Å². The van der Waals surface area contributed by atoms with Crippen molar-refractivity contribution in [2.45, 2.75) is 0 Å². The predicted molar refractivity (Wildman–Crippen MR) is 99.4 cm³/mol. The number of esters is 1. The number of benzene rings is 2. The number of methoxy groups -OCH3 is 5. The van der Waals surface area contributed by atoms with Gasteiger partial charge >= 0.3 is 5.97 Å². The lowest BCUT2D eigenvalue weighted by Gasteiger charge is -2.17. The van der Waals surface area contributed by atoms with Crippen LogP contribution in [-0.2, 0) is 4.74 Å². The molecule has 0 atom stereocenters. The summed E-state index contributed by atoms with van der Waals surface area (Å²) >= 11 is 0. The molecule has 0 amide bonds. The van der Waals surface area contributed by atoms with Gasteiger partial charge in [-0.1, -0.05) is 24.3 Å². The zero-order valence-electron chi connectivity index (χ0n) is 15.5. The first kappa shape index (κ1) is 19.2. The van der Waals surface area contributed by atoms with Gasteiger partial charge < -0.3 is 23.7 Å². The average molecular weight is 358 g/mol. The third-order valence-electron chi connectivity index (χ3n) is 3.80. The summed E-state index contributed by atoms with van der Waals surface area (Å²) in [5.41, 5.74) is 2.17. The van der Waals surface area contributed by atoms with Crippen molar-refractivity contribution in [1.29, 1.82) is 0 Å². The van der Waals surface area contributed by atoms with Crippen molar-refractivity contribution in [3.63, 3.8) is 0 Å². The normalized spacial score (nSPS) is 10.5. The second-order valence-electron chi connectivity index (χ2n) is 5.21. The number of ether oxygens (including phenoxy) is 5. The maximum atomic E-state index is 11.5. The lowest BCUT2D eigenvalue weighted by atomic mass is 10.1. The summed E-state index contributed by atoms with van der Waals surface area (Å²) in [7, 11) is 7.55. The molecule has 0 aliphatic heterocycles. The number of hydrogen-bond donors (Lipinski definition) is 0. The van der Waals surface area contributed by atoms with Crippen LogP contribution in [0.1, 0.15) is 21.5 Å². The van der Waals surface area contributed by atoms with Crippen molar-refractivity contribution < 1.29 is 28.5 Å². The van der Waals surface area contributed by atoms with Crippen LogP contribution >= 0.6 is 0 Å². The first-order valence-corrected chi connectivity index (χ1v) is 7.83. The van der Waals surface area contributed by atoms with Gasteiger partial charge in [-0.3, -0.25) is 0 Å². The molecule has 0 radical (unpaired) electrons. The topological polar surface area (TPSA) is 63.2 Å². The first-order valence-electron chi connectivity index (χ1n) is 7.83. The molecular formula is C20H22O6. The van der Waals surface area contributed by atoms with Gasteiger partial charge in [0.15, 0.2) is 11.5 Å². The quantitative estimate of drug-likeness (QED) is 0.556. The first-order chi connectivity index (χ1) is 12.6. The van der Waals surface area contributed by atoms with Crippen molar-refractivity contribution in [2.75, 3.05) is 35.5 Å². The van der Waals surface area contributed by atoms with E-state index in [0.717, 1.165) is 11.1 Å². The smallest absolute Gasteiger partial charge is 0.337 e. The van der Waals surface area contributed by atoms with Crippen LogP contribution in [0, 0.1) is 0 Å². The number of carbonyl (C=O) groups excluding carboxylic acids is 1. The van der Waals surface area contributed by atoms with Crippen LogP contribution in [-0.4, -0.2) is 41.5 Å². The molecular weight excluding hydrogens is 336 g/mol. The van der Waals surface area contributed by atoms with Gasteiger partial charge in [0, 0.05) is 5.56 Å². The molecule has 138 valence electrons. The second-order valence-corrected chi connectivity index (χ2v) is 5.21. The summed E-state index contributed by atoms with van der Waals surface area (Å²) in [5, 5.41) is 0. The van der Waals surface area contributed by atoms with E-state index in [1.54, 1.807) is 39.5 Å². The van der Waals surface area contributed by atoms with Gasteiger partial charge in [0.2, 0.25) is 11.5 Å². The van der Waals surface area contributed by atoms with Crippen molar-refractivity contribution in [3.8, 4) is 23.0 Å². The van der Waals surface area contributed by atoms with Crippen molar-refractivity contribution in [1.82, 2.24) is 0 Å². The molecule has 0 bridgehead atoms. The minimum atomic E-state index is -0.369. The Morgan fingerprint density at radius 2 is 1.38 bits per heavy atom. The number of hydrogen-bond acceptors (Lipinski definition) is 6. The summed E-state index contributed by atoms with van der Waals surface area (Å²) < 4.78 is 26.4. The van der Waals surface area contributed by atoms with Gasteiger partial charge in [0.1, 0.15) is 0 Å². The minimum absolute atomic E-state index is 0.369. The highest BCUT2D eigenvalue weighted by atomic mass is 16.5. The standard InChI is InChI=1S/C20H22O6/c1-22-16-12-15(17(23-2)19(25-4)18(16)24-3)11-8-13-6-9-14(10-7-13)20(21)26-5/h6-12H,1-5H3. The summed E-state index contributed by atoms with van der Waals surface area (Å²) in [5.74, 6) is 1.62. The molecule has 0 unspecified atom stereocenters. The van der Waals surface area contributed by atoms with Crippen LogP contribution in [0.25, 0.3) is 12.2 Å². The Morgan fingerprint density at radius 3 is 1.88 bits per heavy atom. The van der Waals surface area contributed by atoms with Crippen molar-refractivity contribution in [2.24, 2.45) is 0 Å². The Balaban J connectivity index is 2.41. The minimum Gasteiger partial charge on any atom is -0.493 e. The highest BCUT2D eigenvalue weighted by molar-refractivity contribution is 5.89. The summed E-state index contributed by atoms with van der Waals surface area (Å²) in [6.45, 7) is 0. The van der Waals surface area contributed by atoms with Gasteiger partial charge in [-0.25, -0.2) is 4.79 Å². The van der Waals surface area contributed by atoms with E-state index in [1.165, 1.54) is 14.2 Å². The van der Waals surface area contributed by atoms with Crippen LogP contribution in [0.5, 0.6) is 23.0 Å². The maximum absolute atomic E-state index is 11.5. The van der Waals surface area contributed by atoms with E-state index in [9.17, 15) is 4.79 Å². The van der Waals surface area contributed by atoms with Crippen LogP contribution in [0.15, 0.2) is 30.3 Å². The molecule has 0 saturated heterocycles. The molecule has 2 aromatic rings. The zero-order valence-corrected chi connectivity index (χ0v) is 15.5. The molecule has 6 heteroatoms. The predicted octanol–water partition coefficient (Wildman–Crippen LogP) is 3.68. The molecule has 0 spiro atoms. The highest BCUT2D eigenvalue weighted by Gasteiger charge is 2.20. The molecule has 0 saturated carbocycles. The zero-order chi connectivity index (χ0) is 19.1. The van der Waals surface area contributed by atoms with Gasteiger partial charge in [-0.2, -0.15) is 0 Å². The molecule has 0 aliphatic carbocycles. The Hall–Kier alpha value is -3.15. The lowest BCUT2D eigenvalue weighted by molar-refractivity contribution is 0.0600. The molecule has 6 nitrogen and oxygen atoms in total. The Morgan fingerprint density at radius 1 is 0.769 bits per heavy atom. The number of carbonyl (C=O) groups is 1. The highest BCUT2D eigenvalue weighted by Crippen LogP contribution is 2.47. The lowest BCUT2D eigenvalue weighted by Crippen LogP contribution is -2.00. The molecule has 2 aromatic carbocycles. The van der Waals surface area contributed by atoms with Crippen molar-refractivity contribution >= 4 is 18.1 Å². The van der Waals surface area contributed by atoms with E-state index in [4.69, 9.17) is 23.7 Å². The Bertz CT molecular complexity index is 793. The fourth-order valence-corrected chi connectivity index (χ4v) is 2.52. The third kappa shape index (κ3) is 3.91. The molecule has 0 heterocycles. The molecule has 0 N–H and O–H groups in total. The van der Waals surface area contributed by atoms with E-state index in [2.05, 4.69) is 0 Å². The maximum Gasteiger partial charge on any atom is 0.337 e. The molecule has 0 aromatic heterocycles. The molecule has 0 aliphatic rings. The Kier molecular flexibility index (Phi) is 6.49. The van der Waals surface area contributed by atoms with E-state index in [0.29, 0.717) is 28.6 Å². The monoisotopic (exact) mass is 358 g/mol. The summed E-state index contributed by atoms with van der Waals surface area (Å²) in [4.78, 5) is 11.5. The summed E-state index contributed by atoms with van der Waals surface area (Å²) in [6, 6.07) is 8.87. The number of rotatable bonds is 7. The molecule has 0 fully saturated rings. The summed E-state index contributed by atoms with van der Waals surface area (Å²) in [6.07, 6.45) is 3.76. The van der Waals surface area contributed by atoms with E-state index >= 15 is 0 Å². The largest absolute Gasteiger partial charge is 0.493 e. The van der Waals surface area contributed by atoms with Gasteiger partial charge in [0.05, 0.1) is 41.1 Å². The Labute approximate surface area is 152 Å². The SMILES string of the molecule is COC(=O)c1ccc(C=Cc2cc(OC)c(OC)c(OC)c2OC)cc1.